The van der Waals surface area contributed by atoms with Crippen molar-refractivity contribution in [2.75, 3.05) is 0 Å². The van der Waals surface area contributed by atoms with E-state index in [-0.39, 0.29) is 0 Å². The molecule has 0 aliphatic rings. The SMILES string of the molecule is CC=C=C/C(=C/CC/C=C/C)C(F)(F)F. The normalized spacial score (nSPS) is 12.7. The van der Waals surface area contributed by atoms with Gasteiger partial charge in [0.2, 0.25) is 0 Å². The molecule has 0 aliphatic carbocycles. The Bertz CT molecular complexity index is 286. The number of halogens is 3. The third kappa shape index (κ3) is 6.81. The number of hydrogen-bond acceptors (Lipinski definition) is 0. The molecule has 0 aromatic carbocycles. The molecule has 0 amide bonds. The maximum Gasteiger partial charge on any atom is 0.416 e. The van der Waals surface area contributed by atoms with Crippen LogP contribution in [0.25, 0.3) is 0 Å². The Hall–Kier alpha value is -1.21. The van der Waals surface area contributed by atoms with Gasteiger partial charge < -0.3 is 0 Å². The van der Waals surface area contributed by atoms with Crippen LogP contribution in [0.5, 0.6) is 0 Å². The molecule has 0 N–H and O–H groups in total. The largest absolute Gasteiger partial charge is 0.416 e. The van der Waals surface area contributed by atoms with Crippen molar-refractivity contribution in [1.82, 2.24) is 0 Å². The number of allylic oxidation sites excluding steroid dienone is 5. The summed E-state index contributed by atoms with van der Waals surface area (Å²) in [6.07, 6.45) is 4.00. The molecule has 0 fully saturated rings. The maximum absolute atomic E-state index is 12.4. The third-order valence-electron chi connectivity index (χ3n) is 1.67. The number of unbranched alkanes of at least 4 members (excludes halogenated alkanes) is 1. The van der Waals surface area contributed by atoms with Crippen LogP contribution in [0.3, 0.4) is 0 Å². The number of rotatable bonds is 4. The minimum Gasteiger partial charge on any atom is -0.166 e. The Labute approximate surface area is 88.5 Å². The molecule has 0 unspecified atom stereocenters. The summed E-state index contributed by atoms with van der Waals surface area (Å²) < 4.78 is 37.1. The zero-order valence-corrected chi connectivity index (χ0v) is 8.93. The van der Waals surface area contributed by atoms with Gasteiger partial charge in [0.25, 0.3) is 0 Å². The molecule has 0 heterocycles. The van der Waals surface area contributed by atoms with Crippen molar-refractivity contribution >= 4 is 0 Å². The topological polar surface area (TPSA) is 0 Å². The second-order valence-electron chi connectivity index (χ2n) is 2.90. The highest BCUT2D eigenvalue weighted by Crippen LogP contribution is 2.26. The van der Waals surface area contributed by atoms with Crippen molar-refractivity contribution in [3.8, 4) is 0 Å². The van der Waals surface area contributed by atoms with Gasteiger partial charge >= 0.3 is 6.18 Å². The molecule has 3 heteroatoms. The minimum atomic E-state index is -4.29. The van der Waals surface area contributed by atoms with Crippen LogP contribution in [0.4, 0.5) is 13.2 Å². The van der Waals surface area contributed by atoms with E-state index in [0.29, 0.717) is 12.8 Å². The molecule has 0 aromatic heterocycles. The molecule has 0 saturated carbocycles. The van der Waals surface area contributed by atoms with Crippen LogP contribution >= 0.6 is 0 Å². The molecule has 84 valence electrons. The van der Waals surface area contributed by atoms with Crippen molar-refractivity contribution in [3.63, 3.8) is 0 Å². The standard InChI is InChI=1S/C12H15F3/c1-3-5-7-8-10-11(9-6-4-2)12(13,14)15/h3-5,9-10H,7-8H2,1-2H3/b5-3+,11-10-. The van der Waals surface area contributed by atoms with Crippen LogP contribution in [0.1, 0.15) is 26.7 Å². The monoisotopic (exact) mass is 216 g/mol. The van der Waals surface area contributed by atoms with Gasteiger partial charge in [0.05, 0.1) is 5.57 Å². The van der Waals surface area contributed by atoms with E-state index in [2.05, 4.69) is 5.73 Å². The maximum atomic E-state index is 12.4. The Kier molecular flexibility index (Phi) is 6.56. The first-order valence-electron chi connectivity index (χ1n) is 4.78. The molecule has 0 nitrogen and oxygen atoms in total. The summed E-state index contributed by atoms with van der Waals surface area (Å²) in [5, 5.41) is 0. The van der Waals surface area contributed by atoms with Crippen molar-refractivity contribution in [2.45, 2.75) is 32.9 Å². The lowest BCUT2D eigenvalue weighted by Gasteiger charge is -2.05. The minimum absolute atomic E-state index is 0.390. The fourth-order valence-corrected chi connectivity index (χ4v) is 0.931. The van der Waals surface area contributed by atoms with E-state index in [1.807, 2.05) is 19.1 Å². The van der Waals surface area contributed by atoms with Gasteiger partial charge in [-0.15, -0.1) is 5.73 Å². The summed E-state index contributed by atoms with van der Waals surface area (Å²) in [5.41, 5.74) is 1.81. The van der Waals surface area contributed by atoms with E-state index in [9.17, 15) is 13.2 Å². The zero-order chi connectivity index (χ0) is 11.7. The van der Waals surface area contributed by atoms with Crippen molar-refractivity contribution in [1.29, 1.82) is 0 Å². The van der Waals surface area contributed by atoms with Crippen molar-refractivity contribution in [2.24, 2.45) is 0 Å². The van der Waals surface area contributed by atoms with Crippen molar-refractivity contribution in [3.05, 3.63) is 41.7 Å². The van der Waals surface area contributed by atoms with Crippen LogP contribution in [-0.4, -0.2) is 6.18 Å². The van der Waals surface area contributed by atoms with Crippen LogP contribution in [-0.2, 0) is 0 Å². The summed E-state index contributed by atoms with van der Waals surface area (Å²) >= 11 is 0. The Balaban J connectivity index is 4.57. The Morgan fingerprint density at radius 1 is 1.20 bits per heavy atom. The predicted molar refractivity (Wildman–Crippen MR) is 56.5 cm³/mol. The molecular formula is C12H15F3. The quantitative estimate of drug-likeness (QED) is 0.279. The van der Waals surface area contributed by atoms with Crippen LogP contribution < -0.4 is 0 Å². The first-order valence-corrected chi connectivity index (χ1v) is 4.78. The van der Waals surface area contributed by atoms with Gasteiger partial charge in [-0.25, -0.2) is 0 Å². The highest BCUT2D eigenvalue weighted by Gasteiger charge is 2.31. The highest BCUT2D eigenvalue weighted by molar-refractivity contribution is 5.23. The lowest BCUT2D eigenvalue weighted by atomic mass is 10.1. The van der Waals surface area contributed by atoms with E-state index in [1.54, 1.807) is 6.92 Å². The molecule has 15 heavy (non-hydrogen) atoms. The van der Waals surface area contributed by atoms with Crippen LogP contribution in [0.2, 0.25) is 0 Å². The molecular weight excluding hydrogens is 201 g/mol. The van der Waals surface area contributed by atoms with Gasteiger partial charge in [-0.3, -0.25) is 0 Å². The summed E-state index contributed by atoms with van der Waals surface area (Å²) in [5.74, 6) is 0. The van der Waals surface area contributed by atoms with Gasteiger partial charge in [-0.1, -0.05) is 18.2 Å². The average molecular weight is 216 g/mol. The number of hydrogen-bond donors (Lipinski definition) is 0. The van der Waals surface area contributed by atoms with E-state index in [0.717, 1.165) is 6.08 Å². The fourth-order valence-electron chi connectivity index (χ4n) is 0.931. The van der Waals surface area contributed by atoms with E-state index in [1.165, 1.54) is 12.2 Å². The Morgan fingerprint density at radius 2 is 1.87 bits per heavy atom. The summed E-state index contributed by atoms with van der Waals surface area (Å²) in [6.45, 7) is 3.47. The third-order valence-corrected chi connectivity index (χ3v) is 1.67. The van der Waals surface area contributed by atoms with Gasteiger partial charge in [-0.05, 0) is 38.8 Å². The zero-order valence-electron chi connectivity index (χ0n) is 8.93. The lowest BCUT2D eigenvalue weighted by molar-refractivity contribution is -0.0884. The molecule has 0 rings (SSSR count). The first-order chi connectivity index (χ1) is 7.02. The molecule has 0 bridgehead atoms. The van der Waals surface area contributed by atoms with Crippen molar-refractivity contribution < 1.29 is 13.2 Å². The van der Waals surface area contributed by atoms with Gasteiger partial charge in [0, 0.05) is 0 Å². The molecule has 0 saturated heterocycles. The van der Waals surface area contributed by atoms with Gasteiger partial charge in [0.1, 0.15) is 0 Å². The van der Waals surface area contributed by atoms with E-state index < -0.39 is 11.7 Å². The van der Waals surface area contributed by atoms with Gasteiger partial charge in [-0.2, -0.15) is 13.2 Å². The second kappa shape index (κ2) is 7.13. The number of alkyl halides is 3. The second-order valence-corrected chi connectivity index (χ2v) is 2.90. The molecule has 0 radical (unpaired) electrons. The average Bonchev–Trinajstić information content (AvgIpc) is 2.15. The smallest absolute Gasteiger partial charge is 0.166 e. The molecule has 0 aliphatic heterocycles. The Morgan fingerprint density at radius 3 is 2.33 bits per heavy atom. The molecule has 0 spiro atoms. The van der Waals surface area contributed by atoms with E-state index in [4.69, 9.17) is 0 Å². The van der Waals surface area contributed by atoms with E-state index >= 15 is 0 Å². The van der Waals surface area contributed by atoms with Crippen LogP contribution in [0, 0.1) is 0 Å². The fraction of sp³-hybridized carbons (Fsp3) is 0.417. The first kappa shape index (κ1) is 13.8. The lowest BCUT2D eigenvalue weighted by Crippen LogP contribution is -2.09. The summed E-state index contributed by atoms with van der Waals surface area (Å²) in [6, 6.07) is 0. The molecule has 0 atom stereocenters. The van der Waals surface area contributed by atoms with Gasteiger partial charge in [0.15, 0.2) is 0 Å². The van der Waals surface area contributed by atoms with Crippen LogP contribution in [0.15, 0.2) is 41.7 Å². The summed E-state index contributed by atoms with van der Waals surface area (Å²) in [7, 11) is 0. The summed E-state index contributed by atoms with van der Waals surface area (Å²) in [4.78, 5) is 0. The highest BCUT2D eigenvalue weighted by atomic mass is 19.4. The predicted octanol–water partition coefficient (Wildman–Crippen LogP) is 4.56. The molecule has 0 aromatic rings.